The maximum absolute atomic E-state index is 11.7. The van der Waals surface area contributed by atoms with Crippen LogP contribution in [0.15, 0.2) is 29.2 Å². The molecule has 1 aromatic carbocycles. The zero-order valence-corrected chi connectivity index (χ0v) is 12.5. The Morgan fingerprint density at radius 2 is 1.72 bits per heavy atom. The maximum atomic E-state index is 11.7. The van der Waals surface area contributed by atoms with E-state index in [-0.39, 0.29) is 11.6 Å². The lowest BCUT2D eigenvalue weighted by atomic mass is 10.1. The highest BCUT2D eigenvalue weighted by Gasteiger charge is 2.13. The smallest absolute Gasteiger partial charge is 0.319 e. The molecular formula is C14H22N2OS. The van der Waals surface area contributed by atoms with Gasteiger partial charge in [0.1, 0.15) is 0 Å². The van der Waals surface area contributed by atoms with Crippen molar-refractivity contribution in [3.05, 3.63) is 24.3 Å². The van der Waals surface area contributed by atoms with Gasteiger partial charge >= 0.3 is 6.03 Å². The first-order valence-corrected chi connectivity index (χ1v) is 7.00. The topological polar surface area (TPSA) is 41.1 Å². The van der Waals surface area contributed by atoms with E-state index < -0.39 is 0 Å². The molecule has 0 bridgehead atoms. The van der Waals surface area contributed by atoms with Crippen LogP contribution in [-0.2, 0) is 0 Å². The summed E-state index contributed by atoms with van der Waals surface area (Å²) in [6.07, 6.45) is 0. The van der Waals surface area contributed by atoms with Gasteiger partial charge < -0.3 is 10.6 Å². The molecule has 18 heavy (non-hydrogen) atoms. The van der Waals surface area contributed by atoms with Crippen molar-refractivity contribution in [2.24, 2.45) is 0 Å². The number of thioether (sulfide) groups is 1. The molecule has 0 fully saturated rings. The number of amides is 2. The second-order valence-corrected chi connectivity index (χ2v) is 7.17. The zero-order valence-electron chi connectivity index (χ0n) is 11.7. The van der Waals surface area contributed by atoms with Gasteiger partial charge in [0.05, 0.1) is 0 Å². The van der Waals surface area contributed by atoms with Crippen LogP contribution >= 0.6 is 11.8 Å². The first kappa shape index (κ1) is 14.9. The van der Waals surface area contributed by atoms with Crippen molar-refractivity contribution in [2.75, 3.05) is 5.32 Å². The van der Waals surface area contributed by atoms with E-state index in [0.717, 1.165) is 5.69 Å². The number of carbonyl (C=O) groups is 1. The van der Waals surface area contributed by atoms with Crippen molar-refractivity contribution in [1.29, 1.82) is 0 Å². The van der Waals surface area contributed by atoms with Crippen LogP contribution in [0.5, 0.6) is 0 Å². The minimum atomic E-state index is -0.225. The van der Waals surface area contributed by atoms with Gasteiger partial charge in [-0.2, -0.15) is 0 Å². The fourth-order valence-corrected chi connectivity index (χ4v) is 2.23. The van der Waals surface area contributed by atoms with Gasteiger partial charge in [-0.1, -0.05) is 13.8 Å². The summed E-state index contributed by atoms with van der Waals surface area (Å²) < 4.78 is 0. The molecule has 4 heteroatoms. The first-order chi connectivity index (χ1) is 8.26. The molecular weight excluding hydrogens is 244 g/mol. The van der Waals surface area contributed by atoms with Crippen molar-refractivity contribution < 1.29 is 4.79 Å². The highest BCUT2D eigenvalue weighted by molar-refractivity contribution is 7.99. The van der Waals surface area contributed by atoms with E-state index in [2.05, 4.69) is 24.5 Å². The predicted octanol–water partition coefficient (Wildman–Crippen LogP) is 4.11. The number of urea groups is 1. The van der Waals surface area contributed by atoms with Crippen molar-refractivity contribution in [3.8, 4) is 0 Å². The zero-order chi connectivity index (χ0) is 13.8. The molecule has 0 saturated carbocycles. The Balaban J connectivity index is 2.56. The summed E-state index contributed by atoms with van der Waals surface area (Å²) in [6.45, 7) is 10.2. The number of benzene rings is 1. The van der Waals surface area contributed by atoms with E-state index >= 15 is 0 Å². The second-order valence-electron chi connectivity index (χ2n) is 5.52. The van der Waals surface area contributed by atoms with Gasteiger partial charge in [-0.3, -0.25) is 0 Å². The van der Waals surface area contributed by atoms with E-state index in [9.17, 15) is 4.79 Å². The largest absolute Gasteiger partial charge is 0.333 e. The quantitative estimate of drug-likeness (QED) is 0.808. The van der Waals surface area contributed by atoms with Crippen LogP contribution < -0.4 is 10.6 Å². The van der Waals surface area contributed by atoms with E-state index in [4.69, 9.17) is 0 Å². The Labute approximate surface area is 114 Å². The molecule has 0 aliphatic heterocycles. The third-order valence-corrected chi connectivity index (χ3v) is 2.99. The summed E-state index contributed by atoms with van der Waals surface area (Å²) in [5.41, 5.74) is 0.585. The summed E-state index contributed by atoms with van der Waals surface area (Å²) >= 11 is 1.81. The molecule has 0 radical (unpaired) electrons. The highest BCUT2D eigenvalue weighted by Crippen LogP contribution is 2.24. The van der Waals surface area contributed by atoms with Gasteiger partial charge in [0, 0.05) is 21.4 Å². The monoisotopic (exact) mass is 266 g/mol. The molecule has 1 rings (SSSR count). The number of rotatable bonds is 3. The van der Waals surface area contributed by atoms with Crippen molar-refractivity contribution in [1.82, 2.24) is 5.32 Å². The minimum Gasteiger partial charge on any atom is -0.333 e. The molecule has 0 heterocycles. The average Bonchev–Trinajstić information content (AvgIpc) is 2.17. The van der Waals surface area contributed by atoms with Crippen LogP contribution in [0.1, 0.15) is 34.6 Å². The lowest BCUT2D eigenvalue weighted by Gasteiger charge is -2.20. The van der Waals surface area contributed by atoms with Gasteiger partial charge in [-0.05, 0) is 45.0 Å². The number of hydrogen-bond acceptors (Lipinski definition) is 2. The highest BCUT2D eigenvalue weighted by atomic mass is 32.2. The van der Waals surface area contributed by atoms with Gasteiger partial charge in [-0.15, -0.1) is 11.8 Å². The predicted molar refractivity (Wildman–Crippen MR) is 79.3 cm³/mol. The lowest BCUT2D eigenvalue weighted by molar-refractivity contribution is 0.244. The van der Waals surface area contributed by atoms with Gasteiger partial charge in [0.25, 0.3) is 0 Å². The Bertz CT molecular complexity index is 393. The molecule has 0 atom stereocenters. The Morgan fingerprint density at radius 3 is 2.17 bits per heavy atom. The van der Waals surface area contributed by atoms with Crippen molar-refractivity contribution >= 4 is 23.5 Å². The van der Waals surface area contributed by atoms with E-state index in [1.165, 1.54) is 4.90 Å². The standard InChI is InChI=1S/C14H22N2OS/c1-10(2)18-12-8-6-11(7-9-12)15-13(17)16-14(3,4)5/h6-10H,1-5H3,(H2,15,16,17). The molecule has 0 saturated heterocycles. The average molecular weight is 266 g/mol. The maximum Gasteiger partial charge on any atom is 0.319 e. The van der Waals surface area contributed by atoms with Crippen LogP contribution in [0.3, 0.4) is 0 Å². The van der Waals surface area contributed by atoms with Crippen LogP contribution in [0, 0.1) is 0 Å². The SMILES string of the molecule is CC(C)Sc1ccc(NC(=O)NC(C)(C)C)cc1. The Kier molecular flexibility index (Phi) is 5.08. The van der Waals surface area contributed by atoms with E-state index in [1.54, 1.807) is 0 Å². The van der Waals surface area contributed by atoms with Gasteiger partial charge in [-0.25, -0.2) is 4.79 Å². The molecule has 0 unspecified atom stereocenters. The minimum absolute atomic E-state index is 0.174. The van der Waals surface area contributed by atoms with Gasteiger partial charge in [0.15, 0.2) is 0 Å². The third-order valence-electron chi connectivity index (χ3n) is 1.97. The van der Waals surface area contributed by atoms with Crippen molar-refractivity contribution in [2.45, 2.75) is 50.3 Å². The van der Waals surface area contributed by atoms with Crippen molar-refractivity contribution in [3.63, 3.8) is 0 Å². The van der Waals surface area contributed by atoms with E-state index in [0.29, 0.717) is 5.25 Å². The summed E-state index contributed by atoms with van der Waals surface area (Å²) in [7, 11) is 0. The van der Waals surface area contributed by atoms with Crippen LogP contribution in [0.25, 0.3) is 0 Å². The molecule has 2 amide bonds. The molecule has 100 valence electrons. The number of nitrogens with one attached hydrogen (secondary N) is 2. The number of anilines is 1. The fraction of sp³-hybridized carbons (Fsp3) is 0.500. The first-order valence-electron chi connectivity index (χ1n) is 6.12. The molecule has 1 aromatic rings. The molecule has 0 aliphatic carbocycles. The Morgan fingerprint density at radius 1 is 1.17 bits per heavy atom. The molecule has 0 spiro atoms. The molecule has 2 N–H and O–H groups in total. The summed E-state index contributed by atoms with van der Waals surface area (Å²) in [4.78, 5) is 12.9. The van der Waals surface area contributed by atoms with Gasteiger partial charge in [0.2, 0.25) is 0 Å². The van der Waals surface area contributed by atoms with Crippen LogP contribution in [0.2, 0.25) is 0 Å². The lowest BCUT2D eigenvalue weighted by Crippen LogP contribution is -2.43. The molecule has 0 aromatic heterocycles. The molecule has 3 nitrogen and oxygen atoms in total. The summed E-state index contributed by atoms with van der Waals surface area (Å²) in [5, 5.41) is 6.24. The second kappa shape index (κ2) is 6.14. The number of hydrogen-bond donors (Lipinski definition) is 2. The Hall–Kier alpha value is -1.16. The normalized spacial score (nSPS) is 11.4. The summed E-state index contributed by atoms with van der Waals surface area (Å²) in [5.74, 6) is 0. The summed E-state index contributed by atoms with van der Waals surface area (Å²) in [6, 6.07) is 7.72. The number of carbonyl (C=O) groups excluding carboxylic acids is 1. The fourth-order valence-electron chi connectivity index (χ4n) is 1.39. The van der Waals surface area contributed by atoms with E-state index in [1.807, 2.05) is 56.8 Å². The third kappa shape index (κ3) is 5.96. The van der Waals surface area contributed by atoms with Crippen LogP contribution in [-0.4, -0.2) is 16.8 Å². The molecule has 0 aliphatic rings. The van der Waals surface area contributed by atoms with Crippen LogP contribution in [0.4, 0.5) is 10.5 Å².